The van der Waals surface area contributed by atoms with E-state index in [1.807, 2.05) is 0 Å². The summed E-state index contributed by atoms with van der Waals surface area (Å²) in [6.45, 7) is 9.52. The molecule has 0 atom stereocenters. The lowest BCUT2D eigenvalue weighted by Gasteiger charge is -2.31. The molecule has 45 heavy (non-hydrogen) atoms. The predicted octanol–water partition coefficient (Wildman–Crippen LogP) is 12.1. The summed E-state index contributed by atoms with van der Waals surface area (Å²) in [4.78, 5) is 2.48. The Morgan fingerprint density at radius 3 is 1.80 bits per heavy atom. The molecule has 0 saturated heterocycles. The molecular weight excluding hydrogens is 542 g/mol. The zero-order valence-corrected chi connectivity index (χ0v) is 26.2. The van der Waals surface area contributed by atoms with Crippen LogP contribution in [0.5, 0.6) is 0 Å². The second kappa shape index (κ2) is 9.19. The van der Waals surface area contributed by atoms with E-state index in [4.69, 9.17) is 0 Å². The molecule has 7 aromatic rings. The number of fused-ring (bicyclic) bond motifs is 9. The zero-order chi connectivity index (χ0) is 30.5. The Balaban J connectivity index is 1.32. The van der Waals surface area contributed by atoms with Gasteiger partial charge in [0, 0.05) is 27.6 Å². The van der Waals surface area contributed by atoms with Gasteiger partial charge in [0.25, 0.3) is 0 Å². The Morgan fingerprint density at radius 2 is 1.00 bits per heavy atom. The van der Waals surface area contributed by atoms with Crippen molar-refractivity contribution in [3.05, 3.63) is 162 Å². The van der Waals surface area contributed by atoms with E-state index in [1.54, 1.807) is 0 Å². The van der Waals surface area contributed by atoms with E-state index in [-0.39, 0.29) is 10.8 Å². The van der Waals surface area contributed by atoms with Crippen molar-refractivity contribution in [2.45, 2.75) is 38.5 Å². The highest BCUT2D eigenvalue weighted by molar-refractivity contribution is 6.11. The Kier molecular flexibility index (Phi) is 5.37. The van der Waals surface area contributed by atoms with Crippen molar-refractivity contribution in [1.82, 2.24) is 0 Å². The Labute approximate surface area is 265 Å². The molecule has 2 aliphatic carbocycles. The summed E-state index contributed by atoms with van der Waals surface area (Å²) in [5, 5.41) is 5.16. The SMILES string of the molecule is CC1(C)c2ccccc2-c2ccc(N(c3ccccc3)c3cc4c(c5ccccc35)-c3cc5ccccc5cc3C4(C)C)cc21. The lowest BCUT2D eigenvalue weighted by atomic mass is 9.81. The van der Waals surface area contributed by atoms with Gasteiger partial charge in [-0.25, -0.2) is 0 Å². The molecule has 0 saturated carbocycles. The number of nitrogens with zero attached hydrogens (tertiary/aromatic N) is 1. The van der Waals surface area contributed by atoms with Gasteiger partial charge in [0.15, 0.2) is 0 Å². The third-order valence-corrected chi connectivity index (χ3v) is 10.6. The lowest BCUT2D eigenvalue weighted by Crippen LogP contribution is -2.18. The largest absolute Gasteiger partial charge is 0.310 e. The van der Waals surface area contributed by atoms with Gasteiger partial charge >= 0.3 is 0 Å². The minimum absolute atomic E-state index is 0.0735. The molecule has 0 N–H and O–H groups in total. The van der Waals surface area contributed by atoms with Gasteiger partial charge in [0.1, 0.15) is 0 Å². The van der Waals surface area contributed by atoms with Gasteiger partial charge in [-0.15, -0.1) is 0 Å². The molecule has 0 bridgehead atoms. The first kappa shape index (κ1) is 26.3. The summed E-state index contributed by atoms with van der Waals surface area (Å²) in [5.74, 6) is 0. The number of anilines is 3. The highest BCUT2D eigenvalue weighted by Crippen LogP contribution is 2.56. The number of para-hydroxylation sites is 1. The van der Waals surface area contributed by atoms with Crippen LogP contribution in [0.3, 0.4) is 0 Å². The van der Waals surface area contributed by atoms with Crippen LogP contribution in [-0.2, 0) is 10.8 Å². The van der Waals surface area contributed by atoms with Crippen molar-refractivity contribution in [1.29, 1.82) is 0 Å². The van der Waals surface area contributed by atoms with Crippen LogP contribution in [0.1, 0.15) is 49.9 Å². The van der Waals surface area contributed by atoms with E-state index in [0.29, 0.717) is 0 Å². The summed E-state index contributed by atoms with van der Waals surface area (Å²) in [5.41, 5.74) is 14.4. The Hall–Kier alpha value is -5.14. The van der Waals surface area contributed by atoms with Crippen molar-refractivity contribution in [3.63, 3.8) is 0 Å². The molecule has 0 spiro atoms. The van der Waals surface area contributed by atoms with Crippen LogP contribution >= 0.6 is 0 Å². The summed E-state index contributed by atoms with van der Waals surface area (Å²) >= 11 is 0. The molecule has 7 aromatic carbocycles. The average molecular weight is 578 g/mol. The van der Waals surface area contributed by atoms with E-state index in [0.717, 1.165) is 5.69 Å². The zero-order valence-electron chi connectivity index (χ0n) is 26.2. The highest BCUT2D eigenvalue weighted by atomic mass is 15.1. The summed E-state index contributed by atoms with van der Waals surface area (Å²) in [6, 6.07) is 52.0. The van der Waals surface area contributed by atoms with E-state index < -0.39 is 0 Å². The molecule has 0 aromatic heterocycles. The molecule has 1 heteroatoms. The molecule has 0 amide bonds. The maximum atomic E-state index is 2.49. The molecule has 0 fully saturated rings. The number of hydrogen-bond donors (Lipinski definition) is 0. The maximum Gasteiger partial charge on any atom is 0.0543 e. The van der Waals surface area contributed by atoms with Crippen molar-refractivity contribution >= 4 is 38.6 Å². The van der Waals surface area contributed by atoms with Crippen LogP contribution in [0.25, 0.3) is 43.8 Å². The Bertz CT molecular complexity index is 2320. The van der Waals surface area contributed by atoms with Gasteiger partial charge in [0.2, 0.25) is 0 Å². The highest BCUT2D eigenvalue weighted by Gasteiger charge is 2.39. The molecular formula is C44H35N. The molecule has 1 nitrogen and oxygen atoms in total. The standard InChI is InChI=1S/C44H35N/c1-43(2)37-21-13-12-18-32(37)33-23-22-31(26-39(33)43)45(30-16-6-5-7-17-30)41-27-40-42(35-20-11-10-19-34(35)41)36-24-28-14-8-9-15-29(28)25-38(36)44(40,3)4/h5-27H,1-4H3. The van der Waals surface area contributed by atoms with E-state index in [1.165, 1.54) is 77.4 Å². The summed E-state index contributed by atoms with van der Waals surface area (Å²) in [7, 11) is 0. The van der Waals surface area contributed by atoms with E-state index >= 15 is 0 Å². The van der Waals surface area contributed by atoms with Gasteiger partial charge in [-0.05, 0) is 103 Å². The van der Waals surface area contributed by atoms with Gasteiger partial charge in [-0.1, -0.05) is 125 Å². The molecule has 0 radical (unpaired) electrons. The monoisotopic (exact) mass is 577 g/mol. The van der Waals surface area contributed by atoms with Crippen LogP contribution in [0, 0.1) is 0 Å². The van der Waals surface area contributed by atoms with Crippen LogP contribution in [0.15, 0.2) is 140 Å². The molecule has 0 heterocycles. The molecule has 0 unspecified atom stereocenters. The van der Waals surface area contributed by atoms with E-state index in [9.17, 15) is 0 Å². The van der Waals surface area contributed by atoms with Gasteiger partial charge in [-0.3, -0.25) is 0 Å². The number of hydrogen-bond acceptors (Lipinski definition) is 1. The molecule has 2 aliphatic rings. The second-order valence-corrected chi connectivity index (χ2v) is 13.8. The minimum atomic E-state index is -0.141. The van der Waals surface area contributed by atoms with Crippen LogP contribution in [0.2, 0.25) is 0 Å². The van der Waals surface area contributed by atoms with Crippen LogP contribution in [-0.4, -0.2) is 0 Å². The van der Waals surface area contributed by atoms with Crippen molar-refractivity contribution in [3.8, 4) is 22.3 Å². The maximum absolute atomic E-state index is 2.49. The summed E-state index contributed by atoms with van der Waals surface area (Å²) < 4.78 is 0. The van der Waals surface area contributed by atoms with Crippen molar-refractivity contribution in [2.75, 3.05) is 4.90 Å². The first-order valence-corrected chi connectivity index (χ1v) is 16.0. The molecule has 0 aliphatic heterocycles. The first-order chi connectivity index (χ1) is 21.8. The number of rotatable bonds is 3. The molecule has 9 rings (SSSR count). The van der Waals surface area contributed by atoms with Crippen LogP contribution < -0.4 is 4.90 Å². The predicted molar refractivity (Wildman–Crippen MR) is 191 cm³/mol. The average Bonchev–Trinajstić information content (AvgIpc) is 3.43. The minimum Gasteiger partial charge on any atom is -0.310 e. The normalized spacial score (nSPS) is 15.0. The third kappa shape index (κ3) is 3.61. The number of benzene rings is 7. The summed E-state index contributed by atoms with van der Waals surface area (Å²) in [6.07, 6.45) is 0. The quantitative estimate of drug-likeness (QED) is 0.202. The van der Waals surface area contributed by atoms with Gasteiger partial charge < -0.3 is 4.90 Å². The first-order valence-electron chi connectivity index (χ1n) is 16.0. The topological polar surface area (TPSA) is 3.24 Å². The fraction of sp³-hybridized carbons (Fsp3) is 0.136. The smallest absolute Gasteiger partial charge is 0.0543 e. The second-order valence-electron chi connectivity index (χ2n) is 13.8. The third-order valence-electron chi connectivity index (χ3n) is 10.6. The van der Waals surface area contributed by atoms with Gasteiger partial charge in [0.05, 0.1) is 5.69 Å². The van der Waals surface area contributed by atoms with Crippen molar-refractivity contribution in [2.24, 2.45) is 0 Å². The molecule has 216 valence electrons. The Morgan fingerprint density at radius 1 is 0.400 bits per heavy atom. The van der Waals surface area contributed by atoms with E-state index in [2.05, 4.69) is 172 Å². The lowest BCUT2D eigenvalue weighted by molar-refractivity contribution is 0.660. The fourth-order valence-electron chi connectivity index (χ4n) is 8.27. The fourth-order valence-corrected chi connectivity index (χ4v) is 8.27. The van der Waals surface area contributed by atoms with Crippen LogP contribution in [0.4, 0.5) is 17.1 Å². The van der Waals surface area contributed by atoms with Gasteiger partial charge in [-0.2, -0.15) is 0 Å². The van der Waals surface area contributed by atoms with Crippen molar-refractivity contribution < 1.29 is 0 Å².